The van der Waals surface area contributed by atoms with Gasteiger partial charge in [-0.25, -0.2) is 0 Å². The second kappa shape index (κ2) is 3.93. The van der Waals surface area contributed by atoms with E-state index in [1.807, 2.05) is 0 Å². The molecule has 1 nitrogen and oxygen atoms in total. The molecule has 2 heteroatoms. The molecule has 0 saturated carbocycles. The summed E-state index contributed by atoms with van der Waals surface area (Å²) in [4.78, 5) is 2.21. The van der Waals surface area contributed by atoms with E-state index < -0.39 is 0 Å². The Hall–Kier alpha value is 0.759. The van der Waals surface area contributed by atoms with E-state index in [9.17, 15) is 0 Å². The van der Waals surface area contributed by atoms with Crippen LogP contribution in [0.3, 0.4) is 0 Å². The van der Waals surface area contributed by atoms with E-state index in [2.05, 4.69) is 19.0 Å². The molecule has 0 atom stereocenters. The van der Waals surface area contributed by atoms with Gasteiger partial charge in [0, 0.05) is 0 Å². The van der Waals surface area contributed by atoms with E-state index in [4.69, 9.17) is 0 Å². The monoisotopic (exact) mass is 193 g/mol. The van der Waals surface area contributed by atoms with Crippen molar-refractivity contribution in [3.05, 3.63) is 0 Å². The van der Waals surface area contributed by atoms with E-state index in [1.165, 1.54) is 33.5 Å². The Labute approximate surface area is 52.8 Å². The third-order valence-electron chi connectivity index (χ3n) is 0.576. The van der Waals surface area contributed by atoms with Gasteiger partial charge in [0.05, 0.1) is 0 Å². The molecule has 0 aromatic carbocycles. The maximum atomic E-state index is 2.21. The van der Waals surface area contributed by atoms with Crippen LogP contribution in [0.4, 0.5) is 0 Å². The van der Waals surface area contributed by atoms with Gasteiger partial charge in [0.25, 0.3) is 0 Å². The summed E-state index contributed by atoms with van der Waals surface area (Å²) < 4.78 is 1.39. The standard InChI is InChI=1S/C4H10N.Sn.H/c1-4-5(2)3;;/h1,4H2,2-3H3;;. The topological polar surface area (TPSA) is 3.24 Å². The van der Waals surface area contributed by atoms with Crippen LogP contribution in [0.1, 0.15) is 0 Å². The Morgan fingerprint density at radius 2 is 2.00 bits per heavy atom. The molecule has 0 aromatic heterocycles. The molecule has 0 aromatic rings. The summed E-state index contributed by atoms with van der Waals surface area (Å²) in [6.07, 6.45) is 0. The zero-order chi connectivity index (χ0) is 4.99. The van der Waals surface area contributed by atoms with E-state index in [1.54, 1.807) is 0 Å². The molecule has 0 amide bonds. The van der Waals surface area contributed by atoms with Gasteiger partial charge in [0.2, 0.25) is 0 Å². The number of nitrogens with zero attached hydrogens (tertiary/aromatic N) is 1. The van der Waals surface area contributed by atoms with Gasteiger partial charge < -0.3 is 0 Å². The molecule has 0 saturated heterocycles. The van der Waals surface area contributed by atoms with Crippen LogP contribution in [-0.4, -0.2) is 48.1 Å². The van der Waals surface area contributed by atoms with Crippen molar-refractivity contribution in [2.45, 2.75) is 4.44 Å². The summed E-state index contributed by atoms with van der Waals surface area (Å²) in [5.74, 6) is 0. The Bertz CT molecular complexity index is 28.7. The van der Waals surface area contributed by atoms with Gasteiger partial charge in [-0.15, -0.1) is 0 Å². The minimum atomic E-state index is 1.27. The SMILES string of the molecule is CN(C)C[CH2][SnH]. The van der Waals surface area contributed by atoms with Gasteiger partial charge in [-0.2, -0.15) is 0 Å². The van der Waals surface area contributed by atoms with Crippen molar-refractivity contribution in [1.82, 2.24) is 4.90 Å². The molecule has 0 bridgehead atoms. The molecule has 0 rings (SSSR count). The minimum absolute atomic E-state index is 1.27. The van der Waals surface area contributed by atoms with E-state index in [0.29, 0.717) is 0 Å². The maximum absolute atomic E-state index is 2.21. The molecular weight excluding hydrogens is 181 g/mol. The first-order chi connectivity index (χ1) is 2.77. The molecule has 0 spiro atoms. The molecule has 0 fully saturated rings. The van der Waals surface area contributed by atoms with Crippen molar-refractivity contribution >= 4 is 22.5 Å². The average molecular weight is 192 g/mol. The summed E-state index contributed by atoms with van der Waals surface area (Å²) in [6, 6.07) is 0. The second-order valence-electron chi connectivity index (χ2n) is 1.59. The summed E-state index contributed by atoms with van der Waals surface area (Å²) in [7, 11) is 4.22. The first-order valence-electron chi connectivity index (χ1n) is 2.12. The van der Waals surface area contributed by atoms with Crippen LogP contribution < -0.4 is 0 Å². The van der Waals surface area contributed by atoms with Crippen LogP contribution in [0.15, 0.2) is 0 Å². The van der Waals surface area contributed by atoms with Gasteiger partial charge in [-0.3, -0.25) is 0 Å². The Kier molecular flexibility index (Phi) is 4.43. The third-order valence-corrected chi connectivity index (χ3v) is 1.31. The van der Waals surface area contributed by atoms with Crippen LogP contribution in [0.25, 0.3) is 0 Å². The van der Waals surface area contributed by atoms with Crippen molar-refractivity contribution in [3.8, 4) is 0 Å². The summed E-state index contributed by atoms with van der Waals surface area (Å²) >= 11 is 1.40. The fourth-order valence-corrected chi connectivity index (χ4v) is 1.73. The van der Waals surface area contributed by atoms with Crippen molar-refractivity contribution in [3.63, 3.8) is 0 Å². The Balaban J connectivity index is 2.63. The zero-order valence-corrected chi connectivity index (χ0v) is 7.73. The molecule has 0 aliphatic heterocycles. The molecule has 0 unspecified atom stereocenters. The molecule has 0 aliphatic rings. The first kappa shape index (κ1) is 6.76. The van der Waals surface area contributed by atoms with Crippen molar-refractivity contribution in [1.29, 1.82) is 0 Å². The molecule has 0 heterocycles. The first-order valence-corrected chi connectivity index (χ1v) is 4.45. The fraction of sp³-hybridized carbons (Fsp3) is 1.00. The molecule has 36 valence electrons. The van der Waals surface area contributed by atoms with Crippen LogP contribution >= 0.6 is 0 Å². The van der Waals surface area contributed by atoms with Gasteiger partial charge in [-0.1, -0.05) is 0 Å². The van der Waals surface area contributed by atoms with Gasteiger partial charge in [0.1, 0.15) is 0 Å². The summed E-state index contributed by atoms with van der Waals surface area (Å²) in [5.41, 5.74) is 0. The van der Waals surface area contributed by atoms with Gasteiger partial charge in [0.15, 0.2) is 0 Å². The number of rotatable bonds is 2. The predicted molar refractivity (Wildman–Crippen MR) is 30.5 cm³/mol. The summed E-state index contributed by atoms with van der Waals surface area (Å²) in [5, 5.41) is 0. The van der Waals surface area contributed by atoms with Crippen LogP contribution in [0, 0.1) is 0 Å². The third kappa shape index (κ3) is 4.76. The normalized spacial score (nSPS) is 10.0. The van der Waals surface area contributed by atoms with Gasteiger partial charge in [-0.05, 0) is 0 Å². The summed E-state index contributed by atoms with van der Waals surface area (Å²) in [6.45, 7) is 1.27. The van der Waals surface area contributed by atoms with E-state index in [-0.39, 0.29) is 0 Å². The van der Waals surface area contributed by atoms with Crippen molar-refractivity contribution < 1.29 is 0 Å². The zero-order valence-electron chi connectivity index (χ0n) is 4.44. The van der Waals surface area contributed by atoms with Crippen LogP contribution in [-0.2, 0) is 0 Å². The quantitative estimate of drug-likeness (QED) is 0.550. The molecule has 2 radical (unpaired) electrons. The predicted octanol–water partition coefficient (Wildman–Crippen LogP) is -0.133. The fourth-order valence-electron chi connectivity index (χ4n) is 0.258. The number of hydrogen-bond donors (Lipinski definition) is 0. The molecular formula is C4H11NSn. The van der Waals surface area contributed by atoms with Crippen LogP contribution in [0.2, 0.25) is 4.44 Å². The average Bonchev–Trinajstić information content (AvgIpc) is 1.35. The van der Waals surface area contributed by atoms with Crippen molar-refractivity contribution in [2.75, 3.05) is 20.6 Å². The molecule has 0 aliphatic carbocycles. The Morgan fingerprint density at radius 3 is 2.00 bits per heavy atom. The van der Waals surface area contributed by atoms with E-state index in [0.717, 1.165) is 0 Å². The second-order valence-corrected chi connectivity index (χ2v) is 3.24. The van der Waals surface area contributed by atoms with Crippen LogP contribution in [0.5, 0.6) is 0 Å². The molecule has 6 heavy (non-hydrogen) atoms. The van der Waals surface area contributed by atoms with Gasteiger partial charge >= 0.3 is 52.5 Å². The number of hydrogen-bond acceptors (Lipinski definition) is 1. The van der Waals surface area contributed by atoms with E-state index >= 15 is 0 Å². The Morgan fingerprint density at radius 1 is 1.50 bits per heavy atom. The van der Waals surface area contributed by atoms with Crippen molar-refractivity contribution in [2.24, 2.45) is 0 Å². The molecule has 0 N–H and O–H groups in total.